The molecule has 1 aromatic heterocycles. The molecule has 1 heterocycles. The third-order valence-corrected chi connectivity index (χ3v) is 5.75. The van der Waals surface area contributed by atoms with Gasteiger partial charge in [0.05, 0.1) is 5.75 Å². The normalized spacial score (nSPS) is 13.0. The molecular weight excluding hydrogens is 326 g/mol. The highest BCUT2D eigenvalue weighted by atomic mass is 32.2. The van der Waals surface area contributed by atoms with Crippen LogP contribution in [0, 0.1) is 0 Å². The molecule has 0 spiro atoms. The number of aromatic nitrogens is 1. The second-order valence-electron chi connectivity index (χ2n) is 4.66. The van der Waals surface area contributed by atoms with E-state index >= 15 is 0 Å². The van der Waals surface area contributed by atoms with Gasteiger partial charge in [-0.05, 0) is 24.2 Å². The largest absolute Gasteiger partial charge is 0.286 e. The first kappa shape index (κ1) is 16.5. The average molecular weight is 345 g/mol. The SMILES string of the molecule is CS/C(C)=C/c1sc2ccccc2[n+]1CCCS(=O)(=O)O. The van der Waals surface area contributed by atoms with Gasteiger partial charge < -0.3 is 0 Å². The molecule has 0 radical (unpaired) electrons. The van der Waals surface area contributed by atoms with Gasteiger partial charge in [-0.3, -0.25) is 4.55 Å². The van der Waals surface area contributed by atoms with Crippen molar-refractivity contribution < 1.29 is 17.5 Å². The van der Waals surface area contributed by atoms with Gasteiger partial charge in [-0.15, -0.1) is 11.8 Å². The summed E-state index contributed by atoms with van der Waals surface area (Å²) in [6.07, 6.45) is 4.54. The number of aryl methyl sites for hydroxylation is 1. The van der Waals surface area contributed by atoms with Gasteiger partial charge in [0.15, 0.2) is 6.54 Å². The summed E-state index contributed by atoms with van der Waals surface area (Å²) >= 11 is 3.37. The maximum atomic E-state index is 10.9. The van der Waals surface area contributed by atoms with Gasteiger partial charge in [0, 0.05) is 18.6 Å². The maximum Gasteiger partial charge on any atom is 0.265 e. The topological polar surface area (TPSA) is 58.2 Å². The van der Waals surface area contributed by atoms with Gasteiger partial charge in [0.25, 0.3) is 15.1 Å². The molecule has 0 atom stereocenters. The maximum absolute atomic E-state index is 10.9. The summed E-state index contributed by atoms with van der Waals surface area (Å²) in [7, 11) is -3.90. The standard InChI is InChI=1S/C14H17NO3S3/c1-11(19-2)10-14-15(8-5-9-21(16,17)18)12-6-3-4-7-13(12)20-14/h3-4,6-7,10H,5,8-9H2,1-2H3/p+1/b11-10+. The second-order valence-corrected chi connectivity index (χ2v) is 8.34. The van der Waals surface area contributed by atoms with Gasteiger partial charge >= 0.3 is 0 Å². The number of para-hydroxylation sites is 1. The third-order valence-electron chi connectivity index (χ3n) is 3.07. The highest BCUT2D eigenvalue weighted by molar-refractivity contribution is 8.02. The lowest BCUT2D eigenvalue weighted by molar-refractivity contribution is -0.668. The van der Waals surface area contributed by atoms with E-state index in [2.05, 4.69) is 23.6 Å². The Bertz CT molecular complexity index is 763. The van der Waals surface area contributed by atoms with E-state index in [9.17, 15) is 8.42 Å². The summed E-state index contributed by atoms with van der Waals surface area (Å²) in [6, 6.07) is 8.07. The minimum absolute atomic E-state index is 0.213. The highest BCUT2D eigenvalue weighted by Crippen LogP contribution is 2.24. The molecule has 1 N–H and O–H groups in total. The lowest BCUT2D eigenvalue weighted by Crippen LogP contribution is -2.36. The molecule has 0 bridgehead atoms. The summed E-state index contributed by atoms with van der Waals surface area (Å²) in [6.45, 7) is 2.62. The first-order valence-corrected chi connectivity index (χ1v) is 10.1. The first-order valence-electron chi connectivity index (χ1n) is 6.49. The Morgan fingerprint density at radius 1 is 1.43 bits per heavy atom. The minimum atomic E-state index is -3.90. The highest BCUT2D eigenvalue weighted by Gasteiger charge is 2.19. The van der Waals surface area contributed by atoms with Crippen LogP contribution in [-0.2, 0) is 16.7 Å². The average Bonchev–Trinajstić information content (AvgIpc) is 2.75. The van der Waals surface area contributed by atoms with Crippen LogP contribution in [0.15, 0.2) is 29.2 Å². The van der Waals surface area contributed by atoms with E-state index in [1.807, 2.05) is 24.5 Å². The molecular formula is C14H18NO3S3+. The fourth-order valence-electron chi connectivity index (χ4n) is 2.03. The molecule has 21 heavy (non-hydrogen) atoms. The van der Waals surface area contributed by atoms with Gasteiger partial charge in [0.1, 0.15) is 4.70 Å². The quantitative estimate of drug-likeness (QED) is 0.646. The van der Waals surface area contributed by atoms with Crippen molar-refractivity contribution in [1.82, 2.24) is 0 Å². The number of hydrogen-bond acceptors (Lipinski definition) is 4. The van der Waals surface area contributed by atoms with Crippen molar-refractivity contribution in [3.8, 4) is 0 Å². The number of thiazole rings is 1. The lowest BCUT2D eigenvalue weighted by atomic mass is 10.3. The Kier molecular flexibility index (Phi) is 5.43. The molecule has 0 unspecified atom stereocenters. The van der Waals surface area contributed by atoms with E-state index in [0.717, 1.165) is 10.5 Å². The van der Waals surface area contributed by atoms with Crippen LogP contribution in [0.25, 0.3) is 16.3 Å². The van der Waals surface area contributed by atoms with Crippen molar-refractivity contribution in [3.05, 3.63) is 34.2 Å². The molecule has 0 amide bonds. The van der Waals surface area contributed by atoms with Gasteiger partial charge in [-0.25, -0.2) is 0 Å². The van der Waals surface area contributed by atoms with E-state index in [4.69, 9.17) is 4.55 Å². The van der Waals surface area contributed by atoms with Gasteiger partial charge in [0.2, 0.25) is 5.52 Å². The molecule has 0 aliphatic carbocycles. The number of nitrogens with zero attached hydrogens (tertiary/aromatic N) is 1. The van der Waals surface area contributed by atoms with Crippen LogP contribution in [-0.4, -0.2) is 25.0 Å². The number of allylic oxidation sites excluding steroid dienone is 1. The van der Waals surface area contributed by atoms with Crippen molar-refractivity contribution in [2.75, 3.05) is 12.0 Å². The van der Waals surface area contributed by atoms with Crippen molar-refractivity contribution in [3.63, 3.8) is 0 Å². The molecule has 0 saturated carbocycles. The van der Waals surface area contributed by atoms with Crippen LogP contribution < -0.4 is 4.57 Å². The number of thioether (sulfide) groups is 1. The van der Waals surface area contributed by atoms with E-state index in [1.54, 1.807) is 23.1 Å². The van der Waals surface area contributed by atoms with Gasteiger partial charge in [-0.2, -0.15) is 13.0 Å². The van der Waals surface area contributed by atoms with Crippen LogP contribution in [0.3, 0.4) is 0 Å². The molecule has 2 aromatic rings. The summed E-state index contributed by atoms with van der Waals surface area (Å²) in [4.78, 5) is 1.20. The third kappa shape index (κ3) is 4.54. The molecule has 1 aromatic carbocycles. The number of rotatable bonds is 6. The Labute approximate surface area is 133 Å². The minimum Gasteiger partial charge on any atom is -0.286 e. The summed E-state index contributed by atoms with van der Waals surface area (Å²) in [5.74, 6) is -0.213. The monoisotopic (exact) mass is 344 g/mol. The predicted molar refractivity (Wildman–Crippen MR) is 90.2 cm³/mol. The van der Waals surface area contributed by atoms with Crippen LogP contribution in [0.1, 0.15) is 18.4 Å². The van der Waals surface area contributed by atoms with Gasteiger partial charge in [-0.1, -0.05) is 23.5 Å². The van der Waals surface area contributed by atoms with Crippen LogP contribution >= 0.6 is 23.1 Å². The van der Waals surface area contributed by atoms with E-state index in [1.165, 1.54) is 9.61 Å². The summed E-state index contributed by atoms with van der Waals surface area (Å²) in [5, 5.41) is 1.10. The number of hydrogen-bond donors (Lipinski definition) is 1. The Morgan fingerprint density at radius 2 is 2.14 bits per heavy atom. The van der Waals surface area contributed by atoms with Crippen molar-refractivity contribution in [2.45, 2.75) is 19.9 Å². The summed E-state index contributed by atoms with van der Waals surface area (Å²) < 4.78 is 33.9. The first-order chi connectivity index (χ1) is 9.90. The molecule has 0 aliphatic rings. The van der Waals surface area contributed by atoms with E-state index < -0.39 is 10.1 Å². The molecule has 0 aliphatic heterocycles. The van der Waals surface area contributed by atoms with Crippen molar-refractivity contribution >= 4 is 49.5 Å². The smallest absolute Gasteiger partial charge is 0.265 e. The zero-order chi connectivity index (χ0) is 15.5. The molecule has 2 rings (SSSR count). The molecule has 114 valence electrons. The van der Waals surface area contributed by atoms with E-state index in [0.29, 0.717) is 13.0 Å². The van der Waals surface area contributed by atoms with Crippen LogP contribution in [0.5, 0.6) is 0 Å². The van der Waals surface area contributed by atoms with Crippen molar-refractivity contribution in [1.29, 1.82) is 0 Å². The van der Waals surface area contributed by atoms with Crippen molar-refractivity contribution in [2.24, 2.45) is 0 Å². The zero-order valence-electron chi connectivity index (χ0n) is 11.9. The zero-order valence-corrected chi connectivity index (χ0v) is 14.4. The summed E-state index contributed by atoms with van der Waals surface area (Å²) in [5.41, 5.74) is 1.10. The van der Waals surface area contributed by atoms with Crippen LogP contribution in [0.2, 0.25) is 0 Å². The predicted octanol–water partition coefficient (Wildman–Crippen LogP) is 3.19. The fraction of sp³-hybridized carbons (Fsp3) is 0.357. The Hall–Kier alpha value is -0.890. The molecule has 4 nitrogen and oxygen atoms in total. The van der Waals surface area contributed by atoms with Crippen LogP contribution in [0.4, 0.5) is 0 Å². The molecule has 0 fully saturated rings. The number of fused-ring (bicyclic) bond motifs is 1. The number of benzene rings is 1. The van der Waals surface area contributed by atoms with E-state index in [-0.39, 0.29) is 5.75 Å². The molecule has 0 saturated heterocycles. The fourth-order valence-corrected chi connectivity index (χ4v) is 4.02. The second kappa shape index (κ2) is 6.91. The Balaban J connectivity index is 2.36. The molecule has 7 heteroatoms. The Morgan fingerprint density at radius 3 is 2.81 bits per heavy atom. The lowest BCUT2D eigenvalue weighted by Gasteiger charge is -1.98.